The van der Waals surface area contributed by atoms with Crippen molar-refractivity contribution in [3.05, 3.63) is 137 Å². The Kier molecular flexibility index (Phi) is 10.4. The maximum Gasteiger partial charge on any atom is 0.419 e. The van der Waals surface area contributed by atoms with Gasteiger partial charge in [-0.25, -0.2) is 4.39 Å². The lowest BCUT2D eigenvalue weighted by Gasteiger charge is -2.31. The lowest BCUT2D eigenvalue weighted by Crippen LogP contribution is -2.34. The molecule has 0 saturated heterocycles. The summed E-state index contributed by atoms with van der Waals surface area (Å²) in [5, 5.41) is 9.08. The molecule has 1 atom stereocenters. The van der Waals surface area contributed by atoms with Gasteiger partial charge in [0.25, 0.3) is 0 Å². The van der Waals surface area contributed by atoms with E-state index in [0.29, 0.717) is 24.4 Å². The fourth-order valence-corrected chi connectivity index (χ4v) is 5.05. The molecular weight excluding hydrogens is 546 g/mol. The highest BCUT2D eigenvalue weighted by atomic mass is 19.4. The Bertz CT molecular complexity index is 1400. The van der Waals surface area contributed by atoms with Gasteiger partial charge in [0.1, 0.15) is 11.6 Å². The molecule has 4 aromatic carbocycles. The minimum Gasteiger partial charge on any atom is -0.493 e. The summed E-state index contributed by atoms with van der Waals surface area (Å²) in [6.07, 6.45) is -4.92. The zero-order valence-electron chi connectivity index (χ0n) is 23.2. The number of carboxylic acids is 1. The second-order valence-electron chi connectivity index (χ2n) is 10.5. The Hall–Kier alpha value is -4.17. The van der Waals surface area contributed by atoms with Crippen LogP contribution in [0.15, 0.2) is 103 Å². The van der Waals surface area contributed by atoms with Crippen molar-refractivity contribution in [3.63, 3.8) is 0 Å². The van der Waals surface area contributed by atoms with E-state index in [1.165, 1.54) is 12.1 Å². The number of carboxylic acid groups (broad SMARTS) is 1. The number of aliphatic carboxylic acids is 1. The molecule has 0 unspecified atom stereocenters. The maximum atomic E-state index is 15.1. The van der Waals surface area contributed by atoms with Crippen molar-refractivity contribution in [1.29, 1.82) is 0 Å². The van der Waals surface area contributed by atoms with E-state index >= 15 is 4.39 Å². The summed E-state index contributed by atoms with van der Waals surface area (Å²) in [6.45, 7) is 3.06. The molecule has 0 heterocycles. The average Bonchev–Trinajstić information content (AvgIpc) is 2.96. The molecule has 8 heteroatoms. The second-order valence-corrected chi connectivity index (χ2v) is 10.5. The highest BCUT2D eigenvalue weighted by Gasteiger charge is 2.35. The number of carbonyl (C=O) groups is 1. The van der Waals surface area contributed by atoms with Crippen molar-refractivity contribution in [3.8, 4) is 5.75 Å². The van der Waals surface area contributed by atoms with Crippen molar-refractivity contribution in [1.82, 2.24) is 4.90 Å². The summed E-state index contributed by atoms with van der Waals surface area (Å²) in [5.41, 5.74) is 1.39. The van der Waals surface area contributed by atoms with Crippen LogP contribution in [0.2, 0.25) is 0 Å². The van der Waals surface area contributed by atoms with E-state index in [-0.39, 0.29) is 37.0 Å². The molecule has 42 heavy (non-hydrogen) atoms. The van der Waals surface area contributed by atoms with E-state index in [1.54, 1.807) is 24.3 Å². The van der Waals surface area contributed by atoms with Gasteiger partial charge < -0.3 is 9.84 Å². The number of rotatable bonds is 13. The molecule has 0 saturated carbocycles. The molecule has 4 nitrogen and oxygen atoms in total. The zero-order valence-corrected chi connectivity index (χ0v) is 23.2. The Morgan fingerprint density at radius 2 is 1.48 bits per heavy atom. The highest BCUT2D eigenvalue weighted by Crippen LogP contribution is 2.33. The van der Waals surface area contributed by atoms with E-state index in [9.17, 15) is 18.0 Å². The van der Waals surface area contributed by atoms with Gasteiger partial charge in [0.2, 0.25) is 0 Å². The standard InChI is InChI=1S/C34H33F4NO3/c1-24(23-42-29-16-8-10-25(18-29)19-32(40)41)20-39(21-28-15-9-17-31(33(28)35)34(36,37)38)22-30(26-11-4-2-5-12-26)27-13-6-3-7-14-27/h2-18,24,30H,19-23H2,1H3,(H,40,41)/t24-/m0/s1. The second kappa shape index (κ2) is 14.1. The molecule has 0 aromatic heterocycles. The first-order valence-corrected chi connectivity index (χ1v) is 13.7. The molecule has 0 aliphatic heterocycles. The summed E-state index contributed by atoms with van der Waals surface area (Å²) in [4.78, 5) is 13.0. The van der Waals surface area contributed by atoms with Crippen molar-refractivity contribution < 1.29 is 32.2 Å². The van der Waals surface area contributed by atoms with Crippen molar-refractivity contribution in [2.24, 2.45) is 5.92 Å². The first kappa shape index (κ1) is 30.8. The van der Waals surface area contributed by atoms with Crippen LogP contribution in [0.25, 0.3) is 0 Å². The van der Waals surface area contributed by atoms with Gasteiger partial charge in [-0.1, -0.05) is 91.9 Å². The van der Waals surface area contributed by atoms with Crippen molar-refractivity contribution in [2.75, 3.05) is 19.7 Å². The number of ether oxygens (including phenoxy) is 1. The van der Waals surface area contributed by atoms with Crippen LogP contribution >= 0.6 is 0 Å². The lowest BCUT2D eigenvalue weighted by molar-refractivity contribution is -0.140. The summed E-state index contributed by atoms with van der Waals surface area (Å²) in [6, 6.07) is 29.9. The Morgan fingerprint density at radius 3 is 2.07 bits per heavy atom. The predicted molar refractivity (Wildman–Crippen MR) is 154 cm³/mol. The maximum absolute atomic E-state index is 15.1. The molecule has 0 spiro atoms. The normalized spacial score (nSPS) is 12.5. The molecule has 0 bridgehead atoms. The zero-order chi connectivity index (χ0) is 30.1. The van der Waals surface area contributed by atoms with Gasteiger partial charge in [-0.15, -0.1) is 0 Å². The Labute approximate surface area is 243 Å². The molecule has 0 radical (unpaired) electrons. The molecular formula is C34H33F4NO3. The van der Waals surface area contributed by atoms with Gasteiger partial charge >= 0.3 is 12.1 Å². The molecule has 4 aromatic rings. The van der Waals surface area contributed by atoms with Gasteiger partial charge in [-0.2, -0.15) is 13.2 Å². The van der Waals surface area contributed by atoms with Gasteiger partial charge in [0, 0.05) is 37.0 Å². The first-order valence-electron chi connectivity index (χ1n) is 13.7. The van der Waals surface area contributed by atoms with Gasteiger partial charge in [-0.3, -0.25) is 9.69 Å². The Morgan fingerprint density at radius 1 is 0.857 bits per heavy atom. The fraction of sp³-hybridized carbons (Fsp3) is 0.265. The van der Waals surface area contributed by atoms with Crippen LogP contribution < -0.4 is 4.74 Å². The van der Waals surface area contributed by atoms with Crippen molar-refractivity contribution >= 4 is 5.97 Å². The van der Waals surface area contributed by atoms with Crippen LogP contribution in [-0.4, -0.2) is 35.7 Å². The van der Waals surface area contributed by atoms with Crippen LogP contribution in [-0.2, 0) is 23.9 Å². The molecule has 1 N–H and O–H groups in total. The van der Waals surface area contributed by atoms with Crippen LogP contribution in [0.4, 0.5) is 17.6 Å². The van der Waals surface area contributed by atoms with E-state index in [4.69, 9.17) is 9.84 Å². The topological polar surface area (TPSA) is 49.8 Å². The van der Waals surface area contributed by atoms with Crippen LogP contribution in [0, 0.1) is 11.7 Å². The minimum atomic E-state index is -4.79. The van der Waals surface area contributed by atoms with Crippen molar-refractivity contribution in [2.45, 2.75) is 32.0 Å². The minimum absolute atomic E-state index is 0.0235. The predicted octanol–water partition coefficient (Wildman–Crippen LogP) is 7.82. The molecule has 0 fully saturated rings. The third-order valence-electron chi connectivity index (χ3n) is 6.98. The molecule has 220 valence electrons. The lowest BCUT2D eigenvalue weighted by atomic mass is 9.90. The largest absolute Gasteiger partial charge is 0.493 e. The third kappa shape index (κ3) is 8.66. The fourth-order valence-electron chi connectivity index (χ4n) is 5.05. The summed E-state index contributed by atoms with van der Waals surface area (Å²) >= 11 is 0. The number of nitrogens with zero attached hydrogens (tertiary/aromatic N) is 1. The summed E-state index contributed by atoms with van der Waals surface area (Å²) in [7, 11) is 0. The number of hydrogen-bond donors (Lipinski definition) is 1. The molecule has 4 rings (SSSR count). The number of alkyl halides is 3. The summed E-state index contributed by atoms with van der Waals surface area (Å²) in [5.74, 6) is -1.87. The van der Waals surface area contributed by atoms with Gasteiger partial charge in [-0.05, 0) is 34.9 Å². The molecule has 0 amide bonds. The molecule has 0 aliphatic carbocycles. The monoisotopic (exact) mass is 579 g/mol. The average molecular weight is 580 g/mol. The number of halogens is 4. The number of benzene rings is 4. The number of hydrogen-bond acceptors (Lipinski definition) is 3. The van der Waals surface area contributed by atoms with Gasteiger partial charge in [0.15, 0.2) is 0 Å². The third-order valence-corrected chi connectivity index (χ3v) is 6.98. The van der Waals surface area contributed by atoms with E-state index in [1.807, 2.05) is 72.5 Å². The summed E-state index contributed by atoms with van der Waals surface area (Å²) < 4.78 is 61.6. The van der Waals surface area contributed by atoms with E-state index < -0.39 is 23.5 Å². The first-order chi connectivity index (χ1) is 20.1. The highest BCUT2D eigenvalue weighted by molar-refractivity contribution is 5.70. The van der Waals surface area contributed by atoms with Crippen LogP contribution in [0.1, 0.15) is 40.7 Å². The van der Waals surface area contributed by atoms with Crippen LogP contribution in [0.5, 0.6) is 5.75 Å². The molecule has 0 aliphatic rings. The smallest absolute Gasteiger partial charge is 0.419 e. The SMILES string of the molecule is C[C@H](COc1cccc(CC(=O)O)c1)CN(Cc1cccc(C(F)(F)F)c1F)CC(c1ccccc1)c1ccccc1. The van der Waals surface area contributed by atoms with E-state index in [0.717, 1.165) is 17.2 Å². The quantitative estimate of drug-likeness (QED) is 0.164. The van der Waals surface area contributed by atoms with E-state index in [2.05, 4.69) is 0 Å². The van der Waals surface area contributed by atoms with Crippen LogP contribution in [0.3, 0.4) is 0 Å². The Balaban J connectivity index is 1.58. The van der Waals surface area contributed by atoms with Gasteiger partial charge in [0.05, 0.1) is 18.6 Å².